The molecule has 0 amide bonds. The van der Waals surface area contributed by atoms with Crippen LogP contribution in [0.3, 0.4) is 0 Å². The topological polar surface area (TPSA) is 66.4 Å². The maximum atomic E-state index is 5.48. The molecule has 2 aromatic heterocycles. The van der Waals surface area contributed by atoms with Gasteiger partial charge in [-0.1, -0.05) is 12.1 Å². The highest BCUT2D eigenvalue weighted by Crippen LogP contribution is 2.28. The van der Waals surface area contributed by atoms with Crippen LogP contribution in [0.15, 0.2) is 61.1 Å². The van der Waals surface area contributed by atoms with Gasteiger partial charge in [0.25, 0.3) is 0 Å². The van der Waals surface area contributed by atoms with Gasteiger partial charge in [0, 0.05) is 45.3 Å². The summed E-state index contributed by atoms with van der Waals surface area (Å²) in [5.41, 5.74) is 3.42. The van der Waals surface area contributed by atoms with Crippen LogP contribution in [0.5, 0.6) is 0 Å². The lowest BCUT2D eigenvalue weighted by Crippen LogP contribution is -2.36. The maximum Gasteiger partial charge on any atom is 0.229 e. The Labute approximate surface area is 171 Å². The van der Waals surface area contributed by atoms with E-state index in [4.69, 9.17) is 9.72 Å². The van der Waals surface area contributed by atoms with Crippen molar-refractivity contribution in [2.75, 3.05) is 55.0 Å². The molecule has 1 fully saturated rings. The Kier molecular flexibility index (Phi) is 6.16. The highest BCUT2D eigenvalue weighted by molar-refractivity contribution is 5.73. The van der Waals surface area contributed by atoms with Crippen LogP contribution in [-0.4, -0.2) is 54.8 Å². The predicted molar refractivity (Wildman–Crippen MR) is 116 cm³/mol. The first-order valence-electron chi connectivity index (χ1n) is 9.91. The summed E-state index contributed by atoms with van der Waals surface area (Å²) in [7, 11) is 2.05. The number of nitrogens with one attached hydrogen (secondary N) is 1. The van der Waals surface area contributed by atoms with Gasteiger partial charge in [-0.25, -0.2) is 4.98 Å². The Bertz CT molecular complexity index is 914. The number of ether oxygens (including phenoxy) is 1. The van der Waals surface area contributed by atoms with Gasteiger partial charge in [0.05, 0.1) is 24.6 Å². The van der Waals surface area contributed by atoms with Crippen molar-refractivity contribution in [2.45, 2.75) is 6.42 Å². The number of likely N-dealkylation sites (N-methyl/N-ethyl adjacent to an activating group) is 1. The minimum atomic E-state index is 0.596. The fraction of sp³-hybridized carbons (Fsp3) is 0.318. The molecule has 0 radical (unpaired) electrons. The third-order valence-electron chi connectivity index (χ3n) is 5.02. The molecule has 3 heterocycles. The van der Waals surface area contributed by atoms with E-state index in [9.17, 15) is 0 Å². The van der Waals surface area contributed by atoms with E-state index >= 15 is 0 Å². The van der Waals surface area contributed by atoms with Crippen LogP contribution in [0.1, 0.15) is 5.56 Å². The molecule has 3 aromatic rings. The summed E-state index contributed by atoms with van der Waals surface area (Å²) in [6, 6.07) is 14.3. The van der Waals surface area contributed by atoms with E-state index in [0.29, 0.717) is 5.95 Å². The molecule has 1 saturated heterocycles. The number of pyridine rings is 1. The van der Waals surface area contributed by atoms with Gasteiger partial charge in [-0.15, -0.1) is 0 Å². The van der Waals surface area contributed by atoms with Gasteiger partial charge < -0.3 is 19.9 Å². The molecule has 1 aliphatic heterocycles. The van der Waals surface area contributed by atoms with Crippen molar-refractivity contribution in [3.05, 3.63) is 66.6 Å². The third-order valence-corrected chi connectivity index (χ3v) is 5.02. The number of anilines is 4. The van der Waals surface area contributed by atoms with E-state index in [-0.39, 0.29) is 0 Å². The standard InChI is InChI=1S/C22H26N6O/c1-27(13-9-18-6-10-23-11-7-18)21-8-12-24-22(26-21)25-19-4-2-3-5-20(19)28-14-16-29-17-15-28/h2-8,10-12H,9,13-17H2,1H3,(H,24,25,26). The van der Waals surface area contributed by atoms with Crippen LogP contribution in [0.4, 0.5) is 23.1 Å². The highest BCUT2D eigenvalue weighted by atomic mass is 16.5. The molecule has 0 unspecified atom stereocenters. The minimum absolute atomic E-state index is 0.596. The van der Waals surface area contributed by atoms with Crippen molar-refractivity contribution in [3.63, 3.8) is 0 Å². The van der Waals surface area contributed by atoms with Gasteiger partial charge in [-0.3, -0.25) is 4.98 Å². The molecular weight excluding hydrogens is 364 g/mol. The van der Waals surface area contributed by atoms with Crippen molar-refractivity contribution in [2.24, 2.45) is 0 Å². The van der Waals surface area contributed by atoms with E-state index in [1.807, 2.05) is 36.7 Å². The van der Waals surface area contributed by atoms with Gasteiger partial charge in [-0.2, -0.15) is 4.98 Å². The number of nitrogens with zero attached hydrogens (tertiary/aromatic N) is 5. The minimum Gasteiger partial charge on any atom is -0.378 e. The highest BCUT2D eigenvalue weighted by Gasteiger charge is 2.15. The van der Waals surface area contributed by atoms with Gasteiger partial charge in [0.1, 0.15) is 5.82 Å². The predicted octanol–water partition coefficient (Wildman–Crippen LogP) is 3.13. The molecule has 7 heteroatoms. The van der Waals surface area contributed by atoms with Crippen LogP contribution in [0, 0.1) is 0 Å². The molecule has 0 saturated carbocycles. The normalized spacial score (nSPS) is 13.9. The summed E-state index contributed by atoms with van der Waals surface area (Å²) in [6.45, 7) is 4.14. The smallest absolute Gasteiger partial charge is 0.229 e. The number of hydrogen-bond donors (Lipinski definition) is 1. The van der Waals surface area contributed by atoms with Crippen molar-refractivity contribution < 1.29 is 4.74 Å². The van der Waals surface area contributed by atoms with Crippen LogP contribution in [-0.2, 0) is 11.2 Å². The fourth-order valence-corrected chi connectivity index (χ4v) is 3.36. The van der Waals surface area contributed by atoms with E-state index in [0.717, 1.165) is 56.5 Å². The molecule has 0 atom stereocenters. The third kappa shape index (κ3) is 5.00. The molecule has 0 spiro atoms. The summed E-state index contributed by atoms with van der Waals surface area (Å²) in [6.07, 6.45) is 6.39. The Morgan fingerprint density at radius 3 is 2.66 bits per heavy atom. The molecule has 4 rings (SSSR count). The summed E-state index contributed by atoms with van der Waals surface area (Å²) in [4.78, 5) is 17.7. The van der Waals surface area contributed by atoms with E-state index in [2.05, 4.69) is 50.3 Å². The molecule has 7 nitrogen and oxygen atoms in total. The number of para-hydroxylation sites is 2. The Morgan fingerprint density at radius 2 is 1.83 bits per heavy atom. The quantitative estimate of drug-likeness (QED) is 0.665. The van der Waals surface area contributed by atoms with Crippen LogP contribution >= 0.6 is 0 Å². The lowest BCUT2D eigenvalue weighted by Gasteiger charge is -2.30. The fourth-order valence-electron chi connectivity index (χ4n) is 3.36. The van der Waals surface area contributed by atoms with Crippen molar-refractivity contribution in [1.82, 2.24) is 15.0 Å². The monoisotopic (exact) mass is 390 g/mol. The number of aromatic nitrogens is 3. The molecule has 1 aromatic carbocycles. The van der Waals surface area contributed by atoms with Gasteiger partial charge in [0.2, 0.25) is 5.95 Å². The molecular formula is C22H26N6O. The molecule has 1 aliphatic rings. The second kappa shape index (κ2) is 9.34. The zero-order valence-electron chi connectivity index (χ0n) is 16.7. The van der Waals surface area contributed by atoms with Crippen LogP contribution in [0.25, 0.3) is 0 Å². The molecule has 0 bridgehead atoms. The molecule has 150 valence electrons. The molecule has 0 aliphatic carbocycles. The zero-order chi connectivity index (χ0) is 19.9. The molecule has 1 N–H and O–H groups in total. The van der Waals surface area contributed by atoms with Crippen LogP contribution < -0.4 is 15.1 Å². The van der Waals surface area contributed by atoms with Crippen LogP contribution in [0.2, 0.25) is 0 Å². The van der Waals surface area contributed by atoms with Crippen molar-refractivity contribution >= 4 is 23.1 Å². The van der Waals surface area contributed by atoms with E-state index < -0.39 is 0 Å². The summed E-state index contributed by atoms with van der Waals surface area (Å²) in [5, 5.41) is 3.40. The number of hydrogen-bond acceptors (Lipinski definition) is 7. The Hall–Kier alpha value is -3.19. The number of morpholine rings is 1. The maximum absolute atomic E-state index is 5.48. The van der Waals surface area contributed by atoms with Gasteiger partial charge in [0.15, 0.2) is 0 Å². The first-order chi connectivity index (χ1) is 14.3. The van der Waals surface area contributed by atoms with E-state index in [1.54, 1.807) is 6.20 Å². The summed E-state index contributed by atoms with van der Waals surface area (Å²) >= 11 is 0. The SMILES string of the molecule is CN(CCc1ccncc1)c1ccnc(Nc2ccccc2N2CCOCC2)n1. The first-order valence-corrected chi connectivity index (χ1v) is 9.91. The lowest BCUT2D eigenvalue weighted by molar-refractivity contribution is 0.123. The largest absolute Gasteiger partial charge is 0.378 e. The zero-order valence-corrected chi connectivity index (χ0v) is 16.7. The van der Waals surface area contributed by atoms with Gasteiger partial charge >= 0.3 is 0 Å². The number of benzene rings is 1. The summed E-state index contributed by atoms with van der Waals surface area (Å²) < 4.78 is 5.48. The Morgan fingerprint density at radius 1 is 1.03 bits per heavy atom. The second-order valence-corrected chi connectivity index (χ2v) is 7.01. The second-order valence-electron chi connectivity index (χ2n) is 7.01. The van der Waals surface area contributed by atoms with Gasteiger partial charge in [-0.05, 0) is 42.3 Å². The molecule has 29 heavy (non-hydrogen) atoms. The van der Waals surface area contributed by atoms with E-state index in [1.165, 1.54) is 5.56 Å². The first kappa shape index (κ1) is 19.1. The Balaban J connectivity index is 1.45. The van der Waals surface area contributed by atoms with Crippen molar-refractivity contribution in [3.8, 4) is 0 Å². The average Bonchev–Trinajstić information content (AvgIpc) is 2.79. The number of rotatable bonds is 7. The average molecular weight is 390 g/mol. The summed E-state index contributed by atoms with van der Waals surface area (Å²) in [5.74, 6) is 1.49. The lowest BCUT2D eigenvalue weighted by atomic mass is 10.2. The van der Waals surface area contributed by atoms with Crippen molar-refractivity contribution in [1.29, 1.82) is 0 Å².